The minimum Gasteiger partial charge on any atom is -0.314 e. The maximum atomic E-state index is 4.45. The highest BCUT2D eigenvalue weighted by atomic mass is 15.3. The molecule has 0 spiro atoms. The number of piperazine rings is 1. The van der Waals surface area contributed by atoms with Gasteiger partial charge in [-0.3, -0.25) is 9.58 Å². The molecule has 4 nitrogen and oxygen atoms in total. The third kappa shape index (κ3) is 2.45. The highest BCUT2D eigenvalue weighted by Gasteiger charge is 2.35. The molecule has 0 aromatic carbocycles. The van der Waals surface area contributed by atoms with Crippen LogP contribution in [0.4, 0.5) is 0 Å². The van der Waals surface area contributed by atoms with Crippen molar-refractivity contribution in [3.63, 3.8) is 0 Å². The fraction of sp³-hybridized carbons (Fsp3) is 0.786. The van der Waals surface area contributed by atoms with Gasteiger partial charge in [-0.1, -0.05) is 13.8 Å². The van der Waals surface area contributed by atoms with Gasteiger partial charge in [-0.2, -0.15) is 5.10 Å². The van der Waals surface area contributed by atoms with Crippen LogP contribution in [0.2, 0.25) is 0 Å². The quantitative estimate of drug-likeness (QED) is 0.883. The van der Waals surface area contributed by atoms with Crippen LogP contribution in [0.25, 0.3) is 0 Å². The zero-order valence-electron chi connectivity index (χ0n) is 12.2. The van der Waals surface area contributed by atoms with Gasteiger partial charge in [-0.25, -0.2) is 0 Å². The second-order valence-electron chi connectivity index (χ2n) is 5.43. The van der Waals surface area contributed by atoms with Crippen molar-refractivity contribution in [2.24, 2.45) is 7.05 Å². The average molecular weight is 250 g/mol. The highest BCUT2D eigenvalue weighted by Crippen LogP contribution is 2.27. The topological polar surface area (TPSA) is 33.1 Å². The van der Waals surface area contributed by atoms with Crippen LogP contribution in [-0.2, 0) is 13.6 Å². The minimum absolute atomic E-state index is 0.316. The largest absolute Gasteiger partial charge is 0.314 e. The van der Waals surface area contributed by atoms with E-state index in [2.05, 4.69) is 42.2 Å². The monoisotopic (exact) mass is 250 g/mol. The van der Waals surface area contributed by atoms with E-state index in [0.717, 1.165) is 31.9 Å². The maximum absolute atomic E-state index is 4.45. The van der Waals surface area contributed by atoms with Crippen LogP contribution in [0.1, 0.15) is 38.1 Å². The molecule has 4 heteroatoms. The Balaban J connectivity index is 2.17. The first-order chi connectivity index (χ1) is 8.61. The van der Waals surface area contributed by atoms with Crippen molar-refractivity contribution in [3.05, 3.63) is 17.5 Å². The summed E-state index contributed by atoms with van der Waals surface area (Å²) in [6, 6.07) is 2.21. The van der Waals surface area contributed by atoms with Crippen molar-refractivity contribution in [2.75, 3.05) is 19.6 Å². The number of nitrogens with one attached hydrogen (secondary N) is 1. The van der Waals surface area contributed by atoms with Gasteiger partial charge in [0.15, 0.2) is 0 Å². The number of aromatic nitrogens is 2. The molecule has 0 amide bonds. The molecule has 0 radical (unpaired) electrons. The SMILES string of the molecule is CCC1(CC)CNCCN1Cc1cc(C)nn1C. The van der Waals surface area contributed by atoms with Crippen LogP contribution < -0.4 is 5.32 Å². The lowest BCUT2D eigenvalue weighted by Gasteiger charge is -2.47. The van der Waals surface area contributed by atoms with E-state index in [1.54, 1.807) is 0 Å². The smallest absolute Gasteiger partial charge is 0.0597 e. The molecule has 1 aliphatic heterocycles. The summed E-state index contributed by atoms with van der Waals surface area (Å²) in [5.41, 5.74) is 2.75. The molecule has 0 saturated carbocycles. The van der Waals surface area contributed by atoms with Gasteiger partial charge in [0, 0.05) is 38.8 Å². The van der Waals surface area contributed by atoms with E-state index in [1.165, 1.54) is 18.5 Å². The Hall–Kier alpha value is -0.870. The fourth-order valence-corrected chi connectivity index (χ4v) is 3.09. The third-order valence-electron chi connectivity index (χ3n) is 4.45. The lowest BCUT2D eigenvalue weighted by atomic mass is 9.88. The molecule has 1 aromatic heterocycles. The van der Waals surface area contributed by atoms with Crippen LogP contribution in [-0.4, -0.2) is 39.9 Å². The second-order valence-corrected chi connectivity index (χ2v) is 5.43. The van der Waals surface area contributed by atoms with Crippen LogP contribution in [0.15, 0.2) is 6.07 Å². The second kappa shape index (κ2) is 5.41. The first kappa shape index (κ1) is 13.6. The van der Waals surface area contributed by atoms with Gasteiger partial charge in [0.25, 0.3) is 0 Å². The predicted octanol–water partition coefficient (Wildman–Crippen LogP) is 1.69. The van der Waals surface area contributed by atoms with Gasteiger partial charge in [0.05, 0.1) is 11.4 Å². The van der Waals surface area contributed by atoms with Crippen LogP contribution >= 0.6 is 0 Å². The summed E-state index contributed by atoms with van der Waals surface area (Å²) in [6.07, 6.45) is 2.40. The molecule has 0 unspecified atom stereocenters. The van der Waals surface area contributed by atoms with Gasteiger partial charge in [-0.05, 0) is 25.8 Å². The van der Waals surface area contributed by atoms with E-state index in [9.17, 15) is 0 Å². The molecule has 18 heavy (non-hydrogen) atoms. The average Bonchev–Trinajstić information content (AvgIpc) is 2.69. The van der Waals surface area contributed by atoms with Crippen molar-refractivity contribution in [1.29, 1.82) is 0 Å². The number of aryl methyl sites for hydroxylation is 2. The molecule has 2 heterocycles. The van der Waals surface area contributed by atoms with Crippen LogP contribution in [0.5, 0.6) is 0 Å². The fourth-order valence-electron chi connectivity index (χ4n) is 3.09. The van der Waals surface area contributed by atoms with Crippen molar-refractivity contribution in [1.82, 2.24) is 20.0 Å². The van der Waals surface area contributed by atoms with Gasteiger partial charge in [0.1, 0.15) is 0 Å². The van der Waals surface area contributed by atoms with Gasteiger partial charge in [-0.15, -0.1) is 0 Å². The Kier molecular flexibility index (Phi) is 4.07. The highest BCUT2D eigenvalue weighted by molar-refractivity contribution is 5.10. The molecule has 2 rings (SSSR count). The molecule has 0 atom stereocenters. The van der Waals surface area contributed by atoms with Crippen LogP contribution in [0, 0.1) is 6.92 Å². The van der Waals surface area contributed by atoms with Crippen LogP contribution in [0.3, 0.4) is 0 Å². The third-order valence-corrected chi connectivity index (χ3v) is 4.45. The van der Waals surface area contributed by atoms with Crippen molar-refractivity contribution in [3.8, 4) is 0 Å². The molecule has 1 aliphatic rings. The minimum atomic E-state index is 0.316. The van der Waals surface area contributed by atoms with E-state index in [1.807, 2.05) is 11.7 Å². The standard InChI is InChI=1S/C14H26N4/c1-5-14(6-2)11-15-7-8-18(14)10-13-9-12(3)16-17(13)4/h9,15H,5-8,10-11H2,1-4H3. The normalized spacial score (nSPS) is 20.2. The Labute approximate surface area is 110 Å². The molecule has 1 saturated heterocycles. The van der Waals surface area contributed by atoms with Crippen molar-refractivity contribution < 1.29 is 0 Å². The lowest BCUT2D eigenvalue weighted by Crippen LogP contribution is -2.60. The van der Waals surface area contributed by atoms with Gasteiger partial charge in [0.2, 0.25) is 0 Å². The summed E-state index contributed by atoms with van der Waals surface area (Å²) in [4.78, 5) is 2.64. The Morgan fingerprint density at radius 2 is 2.11 bits per heavy atom. The van der Waals surface area contributed by atoms with Gasteiger partial charge >= 0.3 is 0 Å². The maximum Gasteiger partial charge on any atom is 0.0597 e. The zero-order valence-corrected chi connectivity index (χ0v) is 12.2. The summed E-state index contributed by atoms with van der Waals surface area (Å²) in [6.45, 7) is 11.0. The Bertz CT molecular complexity index is 392. The van der Waals surface area contributed by atoms with Gasteiger partial charge < -0.3 is 5.32 Å². The van der Waals surface area contributed by atoms with E-state index in [0.29, 0.717) is 5.54 Å². The molecule has 1 aromatic rings. The van der Waals surface area contributed by atoms with E-state index < -0.39 is 0 Å². The van der Waals surface area contributed by atoms with Crippen molar-refractivity contribution >= 4 is 0 Å². The zero-order chi connectivity index (χ0) is 13.2. The Morgan fingerprint density at radius 1 is 1.39 bits per heavy atom. The number of rotatable bonds is 4. The predicted molar refractivity (Wildman–Crippen MR) is 74.5 cm³/mol. The first-order valence-electron chi connectivity index (χ1n) is 7.06. The Morgan fingerprint density at radius 3 is 2.67 bits per heavy atom. The number of hydrogen-bond donors (Lipinski definition) is 1. The molecule has 1 fully saturated rings. The number of hydrogen-bond acceptors (Lipinski definition) is 3. The summed E-state index contributed by atoms with van der Waals surface area (Å²) < 4.78 is 2.02. The lowest BCUT2D eigenvalue weighted by molar-refractivity contribution is 0.0427. The summed E-state index contributed by atoms with van der Waals surface area (Å²) in [5.74, 6) is 0. The molecular weight excluding hydrogens is 224 g/mol. The molecule has 0 aliphatic carbocycles. The summed E-state index contributed by atoms with van der Waals surface area (Å²) >= 11 is 0. The molecular formula is C14H26N4. The molecule has 102 valence electrons. The summed E-state index contributed by atoms with van der Waals surface area (Å²) in [5, 5.41) is 8.00. The number of nitrogens with zero attached hydrogens (tertiary/aromatic N) is 3. The molecule has 0 bridgehead atoms. The van der Waals surface area contributed by atoms with E-state index in [4.69, 9.17) is 0 Å². The first-order valence-corrected chi connectivity index (χ1v) is 7.06. The van der Waals surface area contributed by atoms with E-state index >= 15 is 0 Å². The van der Waals surface area contributed by atoms with E-state index in [-0.39, 0.29) is 0 Å². The van der Waals surface area contributed by atoms with Crippen molar-refractivity contribution in [2.45, 2.75) is 45.7 Å². The summed E-state index contributed by atoms with van der Waals surface area (Å²) in [7, 11) is 2.05. The molecule has 1 N–H and O–H groups in total.